The molecule has 0 saturated heterocycles. The molecule has 1 saturated carbocycles. The van der Waals surface area contributed by atoms with Crippen molar-refractivity contribution in [2.24, 2.45) is 0 Å². The minimum absolute atomic E-state index is 0.209. The minimum Gasteiger partial charge on any atom is -0.493 e. The van der Waals surface area contributed by atoms with Crippen LogP contribution in [0.5, 0.6) is 11.5 Å². The van der Waals surface area contributed by atoms with Crippen LogP contribution in [0.3, 0.4) is 0 Å². The van der Waals surface area contributed by atoms with E-state index >= 15 is 0 Å². The van der Waals surface area contributed by atoms with Crippen LogP contribution in [0.25, 0.3) is 6.08 Å². The maximum Gasteiger partial charge on any atom is 0.331 e. The van der Waals surface area contributed by atoms with Crippen LogP contribution in [0, 0.1) is 0 Å². The summed E-state index contributed by atoms with van der Waals surface area (Å²) in [5, 5.41) is 0. The largest absolute Gasteiger partial charge is 0.493 e. The fourth-order valence-corrected chi connectivity index (χ4v) is 3.87. The zero-order valence-corrected chi connectivity index (χ0v) is 18.3. The monoisotopic (exact) mass is 422 g/mol. The van der Waals surface area contributed by atoms with Gasteiger partial charge >= 0.3 is 5.97 Å². The Labute approximate surface area is 184 Å². The third kappa shape index (κ3) is 6.45. The van der Waals surface area contributed by atoms with Crippen LogP contribution in [-0.2, 0) is 9.53 Å². The second kappa shape index (κ2) is 11.3. The summed E-state index contributed by atoms with van der Waals surface area (Å²) in [5.74, 6) is 1.05. The van der Waals surface area contributed by atoms with Gasteiger partial charge in [0.2, 0.25) is 0 Å². The van der Waals surface area contributed by atoms with E-state index in [0.29, 0.717) is 29.6 Å². The fraction of sp³-hybridized carbons (Fsp3) is 0.385. The quantitative estimate of drug-likeness (QED) is 0.300. The van der Waals surface area contributed by atoms with E-state index in [1.807, 2.05) is 37.3 Å². The summed E-state index contributed by atoms with van der Waals surface area (Å²) < 4.78 is 15.9. The topological polar surface area (TPSA) is 61.8 Å². The van der Waals surface area contributed by atoms with Crippen molar-refractivity contribution in [3.63, 3.8) is 0 Å². The van der Waals surface area contributed by atoms with Crippen LogP contribution >= 0.6 is 0 Å². The molecule has 2 aromatic carbocycles. The average molecular weight is 423 g/mol. The number of rotatable bonds is 9. The summed E-state index contributed by atoms with van der Waals surface area (Å²) in [6.45, 7) is 2.16. The maximum absolute atomic E-state index is 12.4. The molecule has 0 aliphatic heterocycles. The first-order chi connectivity index (χ1) is 15.1. The molecule has 31 heavy (non-hydrogen) atoms. The van der Waals surface area contributed by atoms with Crippen molar-refractivity contribution in [3.8, 4) is 11.5 Å². The molecule has 0 unspecified atom stereocenters. The average Bonchev–Trinajstić information content (AvgIpc) is 2.82. The zero-order chi connectivity index (χ0) is 22.1. The highest BCUT2D eigenvalue weighted by Gasteiger charge is 2.16. The molecule has 0 N–H and O–H groups in total. The van der Waals surface area contributed by atoms with E-state index in [1.54, 1.807) is 25.3 Å². The number of hydrogen-bond donors (Lipinski definition) is 0. The standard InChI is InChI=1S/C26H30O5/c1-3-30-24-15-9-19(17-25(24)29-2)10-16-26(28)31-18-23(27)22-13-11-21(12-14-22)20-7-5-4-6-8-20/h9-17,20H,3-8,18H2,1-2H3/b16-10+. The molecule has 0 bridgehead atoms. The van der Waals surface area contributed by atoms with Crippen molar-refractivity contribution in [2.75, 3.05) is 20.3 Å². The van der Waals surface area contributed by atoms with Gasteiger partial charge in [-0.3, -0.25) is 4.79 Å². The van der Waals surface area contributed by atoms with Gasteiger partial charge < -0.3 is 14.2 Å². The van der Waals surface area contributed by atoms with Gasteiger partial charge in [-0.1, -0.05) is 49.6 Å². The number of methoxy groups -OCH3 is 1. The normalized spacial score (nSPS) is 14.4. The number of benzene rings is 2. The first-order valence-electron chi connectivity index (χ1n) is 10.9. The van der Waals surface area contributed by atoms with Crippen molar-refractivity contribution < 1.29 is 23.8 Å². The lowest BCUT2D eigenvalue weighted by atomic mass is 9.84. The number of carbonyl (C=O) groups is 2. The second-order valence-corrected chi connectivity index (χ2v) is 7.66. The van der Waals surface area contributed by atoms with Crippen LogP contribution in [0.2, 0.25) is 0 Å². The Bertz CT molecular complexity index is 908. The molecule has 1 aliphatic carbocycles. The third-order valence-electron chi connectivity index (χ3n) is 5.55. The van der Waals surface area contributed by atoms with E-state index in [2.05, 4.69) is 0 Å². The molecule has 0 spiro atoms. The summed E-state index contributed by atoms with van der Waals surface area (Å²) in [6, 6.07) is 13.1. The van der Waals surface area contributed by atoms with Crippen LogP contribution < -0.4 is 9.47 Å². The summed E-state index contributed by atoms with van der Waals surface area (Å²) in [4.78, 5) is 24.4. The number of ether oxygens (including phenoxy) is 3. The van der Waals surface area contributed by atoms with E-state index in [1.165, 1.54) is 43.7 Å². The van der Waals surface area contributed by atoms with Crippen molar-refractivity contribution in [3.05, 3.63) is 65.2 Å². The van der Waals surface area contributed by atoms with E-state index < -0.39 is 5.97 Å². The Morgan fingerprint density at radius 2 is 1.74 bits per heavy atom. The summed E-state index contributed by atoms with van der Waals surface area (Å²) in [5.41, 5.74) is 2.62. The molecule has 0 amide bonds. The number of ketones is 1. The van der Waals surface area contributed by atoms with Gasteiger partial charge in [0.1, 0.15) is 0 Å². The molecule has 0 heterocycles. The Morgan fingerprint density at radius 1 is 1.00 bits per heavy atom. The Kier molecular flexibility index (Phi) is 8.27. The maximum atomic E-state index is 12.4. The molecule has 0 radical (unpaired) electrons. The van der Waals surface area contributed by atoms with Crippen LogP contribution in [-0.4, -0.2) is 32.1 Å². The van der Waals surface area contributed by atoms with Gasteiger partial charge in [-0.25, -0.2) is 4.79 Å². The van der Waals surface area contributed by atoms with Gasteiger partial charge in [-0.15, -0.1) is 0 Å². The van der Waals surface area contributed by atoms with E-state index in [4.69, 9.17) is 14.2 Å². The summed E-state index contributed by atoms with van der Waals surface area (Å²) >= 11 is 0. The first-order valence-corrected chi connectivity index (χ1v) is 10.9. The van der Waals surface area contributed by atoms with Crippen LogP contribution in [0.1, 0.15) is 66.4 Å². The molecule has 0 aromatic heterocycles. The molecule has 2 aromatic rings. The Balaban J connectivity index is 1.51. The van der Waals surface area contributed by atoms with Gasteiger partial charge in [0, 0.05) is 11.6 Å². The molecule has 3 rings (SSSR count). The second-order valence-electron chi connectivity index (χ2n) is 7.66. The van der Waals surface area contributed by atoms with Crippen LogP contribution in [0.4, 0.5) is 0 Å². The SMILES string of the molecule is CCOc1ccc(/C=C/C(=O)OCC(=O)c2ccc(C3CCCCC3)cc2)cc1OC. The predicted octanol–water partition coefficient (Wildman–Crippen LogP) is 5.58. The Morgan fingerprint density at radius 3 is 2.42 bits per heavy atom. The summed E-state index contributed by atoms with van der Waals surface area (Å²) in [7, 11) is 1.56. The van der Waals surface area contributed by atoms with E-state index in [0.717, 1.165) is 5.56 Å². The highest BCUT2D eigenvalue weighted by atomic mass is 16.5. The number of esters is 1. The molecule has 0 atom stereocenters. The van der Waals surface area contributed by atoms with Crippen LogP contribution in [0.15, 0.2) is 48.5 Å². The van der Waals surface area contributed by atoms with E-state index in [9.17, 15) is 9.59 Å². The molecule has 1 aliphatic rings. The van der Waals surface area contributed by atoms with Crippen molar-refractivity contribution in [1.82, 2.24) is 0 Å². The Hall–Kier alpha value is -3.08. The molecule has 5 heteroatoms. The summed E-state index contributed by atoms with van der Waals surface area (Å²) in [6.07, 6.45) is 9.23. The molecule has 1 fully saturated rings. The highest BCUT2D eigenvalue weighted by Crippen LogP contribution is 2.32. The lowest BCUT2D eigenvalue weighted by Gasteiger charge is -2.22. The van der Waals surface area contributed by atoms with Crippen molar-refractivity contribution >= 4 is 17.8 Å². The van der Waals surface area contributed by atoms with E-state index in [-0.39, 0.29) is 12.4 Å². The molecule has 5 nitrogen and oxygen atoms in total. The van der Waals surface area contributed by atoms with Gasteiger partial charge in [0.05, 0.1) is 13.7 Å². The predicted molar refractivity (Wildman–Crippen MR) is 121 cm³/mol. The lowest BCUT2D eigenvalue weighted by molar-refractivity contribution is -0.136. The number of Topliss-reactive ketones (excluding diaryl/α,β-unsaturated/α-hetero) is 1. The fourth-order valence-electron chi connectivity index (χ4n) is 3.87. The molecule has 164 valence electrons. The number of hydrogen-bond acceptors (Lipinski definition) is 5. The lowest BCUT2D eigenvalue weighted by Crippen LogP contribution is -2.13. The highest BCUT2D eigenvalue weighted by molar-refractivity contribution is 5.98. The molecular weight excluding hydrogens is 392 g/mol. The molecular formula is C26H30O5. The van der Waals surface area contributed by atoms with Gasteiger partial charge in [-0.2, -0.15) is 0 Å². The van der Waals surface area contributed by atoms with Gasteiger partial charge in [0.25, 0.3) is 0 Å². The number of carbonyl (C=O) groups excluding carboxylic acids is 2. The smallest absolute Gasteiger partial charge is 0.331 e. The van der Waals surface area contributed by atoms with Crippen molar-refractivity contribution in [1.29, 1.82) is 0 Å². The van der Waals surface area contributed by atoms with Gasteiger partial charge in [-0.05, 0) is 55.0 Å². The zero-order valence-electron chi connectivity index (χ0n) is 18.3. The van der Waals surface area contributed by atoms with Crippen molar-refractivity contribution in [2.45, 2.75) is 44.9 Å². The first kappa shape index (κ1) is 22.6. The van der Waals surface area contributed by atoms with Gasteiger partial charge in [0.15, 0.2) is 23.9 Å². The minimum atomic E-state index is -0.569. The third-order valence-corrected chi connectivity index (χ3v) is 5.55.